The fourth-order valence-corrected chi connectivity index (χ4v) is 2.40. The number of rotatable bonds is 3. The molecule has 0 atom stereocenters. The SMILES string of the molecule is CC(=O)Cc1cccc(C2CCNCC2)c1. The fraction of sp³-hybridized carbons (Fsp3) is 0.500. The van der Waals surface area contributed by atoms with Crippen LogP contribution in [0.3, 0.4) is 0 Å². The number of nitrogens with one attached hydrogen (secondary N) is 1. The Morgan fingerprint density at radius 1 is 1.38 bits per heavy atom. The summed E-state index contributed by atoms with van der Waals surface area (Å²) in [5.41, 5.74) is 2.56. The average molecular weight is 217 g/mol. The molecule has 1 saturated heterocycles. The van der Waals surface area contributed by atoms with Crippen molar-refractivity contribution in [1.82, 2.24) is 5.32 Å². The van der Waals surface area contributed by atoms with Crippen LogP contribution in [0.5, 0.6) is 0 Å². The molecule has 1 aliphatic rings. The van der Waals surface area contributed by atoms with Crippen LogP contribution in [0.4, 0.5) is 0 Å². The molecule has 0 bridgehead atoms. The van der Waals surface area contributed by atoms with Crippen molar-refractivity contribution in [3.8, 4) is 0 Å². The van der Waals surface area contributed by atoms with Crippen LogP contribution in [-0.2, 0) is 11.2 Å². The molecule has 0 saturated carbocycles. The van der Waals surface area contributed by atoms with Gasteiger partial charge in [0.05, 0.1) is 0 Å². The molecule has 1 aliphatic heterocycles. The van der Waals surface area contributed by atoms with E-state index in [2.05, 4.69) is 23.5 Å². The number of Topliss-reactive ketones (excluding diaryl/α,β-unsaturated/α-hetero) is 1. The van der Waals surface area contributed by atoms with Crippen LogP contribution in [-0.4, -0.2) is 18.9 Å². The van der Waals surface area contributed by atoms with Crippen LogP contribution in [0, 0.1) is 0 Å². The summed E-state index contributed by atoms with van der Waals surface area (Å²) in [5.74, 6) is 0.913. The Morgan fingerprint density at radius 3 is 2.81 bits per heavy atom. The summed E-state index contributed by atoms with van der Waals surface area (Å²) in [7, 11) is 0. The van der Waals surface area contributed by atoms with Gasteiger partial charge in [0.25, 0.3) is 0 Å². The van der Waals surface area contributed by atoms with Gasteiger partial charge >= 0.3 is 0 Å². The van der Waals surface area contributed by atoms with Gasteiger partial charge in [-0.2, -0.15) is 0 Å². The smallest absolute Gasteiger partial charge is 0.134 e. The highest BCUT2D eigenvalue weighted by molar-refractivity contribution is 5.78. The number of piperidine rings is 1. The number of carbonyl (C=O) groups is 1. The molecule has 86 valence electrons. The van der Waals surface area contributed by atoms with Gasteiger partial charge in [-0.1, -0.05) is 24.3 Å². The van der Waals surface area contributed by atoms with Gasteiger partial charge < -0.3 is 5.32 Å². The summed E-state index contributed by atoms with van der Waals surface area (Å²) in [6.45, 7) is 3.88. The lowest BCUT2D eigenvalue weighted by Crippen LogP contribution is -2.26. The Balaban J connectivity index is 2.11. The molecule has 2 rings (SSSR count). The summed E-state index contributed by atoms with van der Waals surface area (Å²) in [4.78, 5) is 11.1. The quantitative estimate of drug-likeness (QED) is 0.841. The van der Waals surface area contributed by atoms with Gasteiger partial charge in [-0.3, -0.25) is 4.79 Å². The average Bonchev–Trinajstić information content (AvgIpc) is 2.30. The Kier molecular flexibility index (Phi) is 3.73. The first kappa shape index (κ1) is 11.3. The molecule has 0 radical (unpaired) electrons. The first-order chi connectivity index (χ1) is 7.75. The van der Waals surface area contributed by atoms with Crippen LogP contribution in [0.2, 0.25) is 0 Å². The highest BCUT2D eigenvalue weighted by Gasteiger charge is 2.15. The highest BCUT2D eigenvalue weighted by atomic mass is 16.1. The summed E-state index contributed by atoms with van der Waals surface area (Å²) in [5, 5.41) is 3.38. The van der Waals surface area contributed by atoms with E-state index < -0.39 is 0 Å². The topological polar surface area (TPSA) is 29.1 Å². The lowest BCUT2D eigenvalue weighted by Gasteiger charge is -2.23. The Hall–Kier alpha value is -1.15. The molecule has 2 heteroatoms. The molecular formula is C14H19NO. The largest absolute Gasteiger partial charge is 0.317 e. The summed E-state index contributed by atoms with van der Waals surface area (Å²) < 4.78 is 0. The summed E-state index contributed by atoms with van der Waals surface area (Å²) in [6, 6.07) is 8.53. The third-order valence-electron chi connectivity index (χ3n) is 3.21. The van der Waals surface area contributed by atoms with Crippen LogP contribution < -0.4 is 5.32 Å². The van der Waals surface area contributed by atoms with Gasteiger partial charge in [-0.25, -0.2) is 0 Å². The van der Waals surface area contributed by atoms with Crippen LogP contribution >= 0.6 is 0 Å². The van der Waals surface area contributed by atoms with Crippen LogP contribution in [0.15, 0.2) is 24.3 Å². The van der Waals surface area contributed by atoms with E-state index in [-0.39, 0.29) is 5.78 Å². The van der Waals surface area contributed by atoms with Crippen molar-refractivity contribution in [2.45, 2.75) is 32.1 Å². The third kappa shape index (κ3) is 2.92. The lowest BCUT2D eigenvalue weighted by atomic mass is 9.89. The normalized spacial score (nSPS) is 17.3. The zero-order valence-corrected chi connectivity index (χ0v) is 9.83. The van der Waals surface area contributed by atoms with E-state index in [0.717, 1.165) is 18.7 Å². The highest BCUT2D eigenvalue weighted by Crippen LogP contribution is 2.25. The molecule has 0 aromatic heterocycles. The van der Waals surface area contributed by atoms with E-state index >= 15 is 0 Å². The molecule has 16 heavy (non-hydrogen) atoms. The number of ketones is 1. The lowest BCUT2D eigenvalue weighted by molar-refractivity contribution is -0.116. The zero-order valence-electron chi connectivity index (χ0n) is 9.83. The molecule has 1 aromatic carbocycles. The second-order valence-electron chi connectivity index (χ2n) is 4.65. The molecule has 0 spiro atoms. The molecule has 1 fully saturated rings. The molecular weight excluding hydrogens is 198 g/mol. The van der Waals surface area contributed by atoms with E-state index in [1.54, 1.807) is 6.92 Å². The standard InChI is InChI=1S/C14H19NO/c1-11(16)9-12-3-2-4-14(10-12)13-5-7-15-8-6-13/h2-4,10,13,15H,5-9H2,1H3. The van der Waals surface area contributed by atoms with E-state index in [9.17, 15) is 4.79 Å². The van der Waals surface area contributed by atoms with Gasteiger partial charge in [-0.05, 0) is 49.9 Å². The van der Waals surface area contributed by atoms with Gasteiger partial charge in [0.15, 0.2) is 0 Å². The van der Waals surface area contributed by atoms with E-state index in [0.29, 0.717) is 12.3 Å². The predicted octanol–water partition coefficient (Wildman–Crippen LogP) is 2.29. The number of benzene rings is 1. The first-order valence-electron chi connectivity index (χ1n) is 6.04. The minimum atomic E-state index is 0.238. The monoisotopic (exact) mass is 217 g/mol. The fourth-order valence-electron chi connectivity index (χ4n) is 2.40. The van der Waals surface area contributed by atoms with Gasteiger partial charge in [0, 0.05) is 6.42 Å². The molecule has 1 aromatic rings. The number of carbonyl (C=O) groups excluding carboxylic acids is 1. The number of hydrogen-bond donors (Lipinski definition) is 1. The van der Waals surface area contributed by atoms with Crippen LogP contribution in [0.1, 0.15) is 36.8 Å². The van der Waals surface area contributed by atoms with Crippen molar-refractivity contribution in [2.75, 3.05) is 13.1 Å². The molecule has 2 nitrogen and oxygen atoms in total. The summed E-state index contributed by atoms with van der Waals surface area (Å²) >= 11 is 0. The maximum absolute atomic E-state index is 11.1. The maximum Gasteiger partial charge on any atom is 0.134 e. The zero-order chi connectivity index (χ0) is 11.4. The molecule has 0 unspecified atom stereocenters. The minimum absolute atomic E-state index is 0.238. The minimum Gasteiger partial charge on any atom is -0.317 e. The van der Waals surface area contributed by atoms with E-state index in [1.807, 2.05) is 6.07 Å². The Bertz CT molecular complexity index is 367. The number of hydrogen-bond acceptors (Lipinski definition) is 2. The first-order valence-corrected chi connectivity index (χ1v) is 6.04. The Morgan fingerprint density at radius 2 is 2.12 bits per heavy atom. The van der Waals surface area contributed by atoms with Crippen molar-refractivity contribution in [2.24, 2.45) is 0 Å². The van der Waals surface area contributed by atoms with Crippen molar-refractivity contribution in [3.63, 3.8) is 0 Å². The molecule has 1 N–H and O–H groups in total. The van der Waals surface area contributed by atoms with E-state index in [4.69, 9.17) is 0 Å². The molecule has 0 aliphatic carbocycles. The Labute approximate surface area is 97.1 Å². The summed E-state index contributed by atoms with van der Waals surface area (Å²) in [6.07, 6.45) is 2.99. The third-order valence-corrected chi connectivity index (χ3v) is 3.21. The second kappa shape index (κ2) is 5.26. The van der Waals surface area contributed by atoms with Gasteiger partial charge in [-0.15, -0.1) is 0 Å². The molecule has 1 heterocycles. The van der Waals surface area contributed by atoms with Crippen molar-refractivity contribution < 1.29 is 4.79 Å². The van der Waals surface area contributed by atoms with Gasteiger partial charge in [0.2, 0.25) is 0 Å². The van der Waals surface area contributed by atoms with Crippen molar-refractivity contribution in [3.05, 3.63) is 35.4 Å². The van der Waals surface area contributed by atoms with Crippen molar-refractivity contribution >= 4 is 5.78 Å². The van der Waals surface area contributed by atoms with Crippen LogP contribution in [0.25, 0.3) is 0 Å². The molecule has 0 amide bonds. The van der Waals surface area contributed by atoms with Gasteiger partial charge in [0.1, 0.15) is 5.78 Å². The predicted molar refractivity (Wildman–Crippen MR) is 65.7 cm³/mol. The van der Waals surface area contributed by atoms with E-state index in [1.165, 1.54) is 18.4 Å². The second-order valence-corrected chi connectivity index (χ2v) is 4.65. The maximum atomic E-state index is 11.1. The van der Waals surface area contributed by atoms with Crippen molar-refractivity contribution in [1.29, 1.82) is 0 Å².